The first-order valence-corrected chi connectivity index (χ1v) is 9.78. The Labute approximate surface area is 175 Å². The van der Waals surface area contributed by atoms with Crippen LogP contribution in [0.1, 0.15) is 34.6 Å². The highest BCUT2D eigenvalue weighted by molar-refractivity contribution is 6.00. The van der Waals surface area contributed by atoms with Gasteiger partial charge in [-0.3, -0.25) is 4.98 Å². The second-order valence-electron chi connectivity index (χ2n) is 7.15. The van der Waals surface area contributed by atoms with Gasteiger partial charge >= 0.3 is 0 Å². The molecule has 2 heterocycles. The lowest BCUT2D eigenvalue weighted by atomic mass is 9.83. The molecular formula is C25H22N4O. The van der Waals surface area contributed by atoms with Gasteiger partial charge in [-0.2, -0.15) is 0 Å². The molecule has 0 saturated heterocycles. The monoisotopic (exact) mass is 394 g/mol. The Kier molecular flexibility index (Phi) is 5.90. The van der Waals surface area contributed by atoms with Crippen molar-refractivity contribution in [3.8, 4) is 11.1 Å². The van der Waals surface area contributed by atoms with Crippen LogP contribution in [0.15, 0.2) is 96.9 Å². The van der Waals surface area contributed by atoms with Gasteiger partial charge in [0.05, 0.1) is 5.71 Å². The van der Waals surface area contributed by atoms with E-state index >= 15 is 0 Å². The number of rotatable bonds is 6. The first-order valence-electron chi connectivity index (χ1n) is 9.78. The summed E-state index contributed by atoms with van der Waals surface area (Å²) >= 11 is 0. The SMILES string of the molecule is Cc1ccccc1C(C/C(=N/O)c1ccncc1)c1ccc(-c2cncnc2)cc1. The Morgan fingerprint density at radius 3 is 2.23 bits per heavy atom. The summed E-state index contributed by atoms with van der Waals surface area (Å²) in [6.45, 7) is 2.11. The third-order valence-corrected chi connectivity index (χ3v) is 5.30. The summed E-state index contributed by atoms with van der Waals surface area (Å²) in [4.78, 5) is 12.3. The highest BCUT2D eigenvalue weighted by Gasteiger charge is 2.20. The van der Waals surface area contributed by atoms with E-state index in [1.807, 2.05) is 24.3 Å². The fourth-order valence-corrected chi connectivity index (χ4v) is 3.70. The minimum Gasteiger partial charge on any atom is -0.411 e. The predicted octanol–water partition coefficient (Wildman–Crippen LogP) is 5.25. The summed E-state index contributed by atoms with van der Waals surface area (Å²) in [7, 11) is 0. The van der Waals surface area contributed by atoms with E-state index < -0.39 is 0 Å². The highest BCUT2D eigenvalue weighted by atomic mass is 16.4. The Hall–Kier alpha value is -3.86. The second-order valence-corrected chi connectivity index (χ2v) is 7.15. The molecule has 0 saturated carbocycles. The lowest BCUT2D eigenvalue weighted by molar-refractivity contribution is 0.317. The van der Waals surface area contributed by atoms with Crippen molar-refractivity contribution in [1.82, 2.24) is 15.0 Å². The van der Waals surface area contributed by atoms with Crippen LogP contribution >= 0.6 is 0 Å². The Bertz CT molecular complexity index is 1130. The second kappa shape index (κ2) is 9.09. The summed E-state index contributed by atoms with van der Waals surface area (Å²) in [6, 6.07) is 20.5. The molecule has 1 N–H and O–H groups in total. The van der Waals surface area contributed by atoms with Crippen molar-refractivity contribution in [3.63, 3.8) is 0 Å². The third-order valence-electron chi connectivity index (χ3n) is 5.30. The molecule has 5 heteroatoms. The molecule has 2 aromatic carbocycles. The highest BCUT2D eigenvalue weighted by Crippen LogP contribution is 2.33. The van der Waals surface area contributed by atoms with E-state index in [-0.39, 0.29) is 5.92 Å². The molecule has 0 aliphatic rings. The zero-order valence-corrected chi connectivity index (χ0v) is 16.7. The normalized spacial score (nSPS) is 12.5. The van der Waals surface area contributed by atoms with Gasteiger partial charge in [0.25, 0.3) is 0 Å². The summed E-state index contributed by atoms with van der Waals surface area (Å²) in [5.74, 6) is 0.0475. The molecule has 1 atom stereocenters. The minimum absolute atomic E-state index is 0.0475. The minimum atomic E-state index is 0.0475. The van der Waals surface area contributed by atoms with Crippen molar-refractivity contribution in [3.05, 3.63) is 114 Å². The molecule has 0 amide bonds. The quantitative estimate of drug-likeness (QED) is 0.275. The number of pyridine rings is 1. The Morgan fingerprint density at radius 2 is 1.57 bits per heavy atom. The molecule has 0 radical (unpaired) electrons. The lowest BCUT2D eigenvalue weighted by Crippen LogP contribution is -2.11. The van der Waals surface area contributed by atoms with Crippen molar-refractivity contribution >= 4 is 5.71 Å². The zero-order chi connectivity index (χ0) is 20.8. The maximum atomic E-state index is 9.74. The van der Waals surface area contributed by atoms with Crippen LogP contribution in [-0.4, -0.2) is 25.9 Å². The third kappa shape index (κ3) is 4.25. The van der Waals surface area contributed by atoms with Gasteiger partial charge in [0.2, 0.25) is 0 Å². The molecule has 0 aliphatic carbocycles. The number of oxime groups is 1. The molecule has 5 nitrogen and oxygen atoms in total. The molecule has 4 aromatic rings. The smallest absolute Gasteiger partial charge is 0.115 e. The number of hydrogen-bond donors (Lipinski definition) is 1. The fraction of sp³-hybridized carbons (Fsp3) is 0.120. The molecular weight excluding hydrogens is 372 g/mol. The zero-order valence-electron chi connectivity index (χ0n) is 16.7. The van der Waals surface area contributed by atoms with Gasteiger partial charge in [-0.1, -0.05) is 53.7 Å². The van der Waals surface area contributed by atoms with Crippen LogP contribution < -0.4 is 0 Å². The van der Waals surface area contributed by atoms with Gasteiger partial charge in [0.15, 0.2) is 0 Å². The standard InChI is InChI=1S/C25H22N4O/c1-18-4-2-3-5-23(18)24(14-25(29-30)21-10-12-26-13-11-21)20-8-6-19(7-9-20)22-15-27-17-28-16-22/h2-13,15-17,24,30H,14H2,1H3/b29-25-. The van der Waals surface area contributed by atoms with Gasteiger partial charge in [0.1, 0.15) is 6.33 Å². The van der Waals surface area contributed by atoms with Gasteiger partial charge in [-0.15, -0.1) is 0 Å². The summed E-state index contributed by atoms with van der Waals surface area (Å²) in [6.07, 6.45) is 9.13. The average molecular weight is 394 g/mol. The van der Waals surface area contributed by atoms with Crippen LogP contribution in [0.2, 0.25) is 0 Å². The molecule has 0 bridgehead atoms. The van der Waals surface area contributed by atoms with E-state index in [4.69, 9.17) is 0 Å². The van der Waals surface area contributed by atoms with E-state index in [0.29, 0.717) is 12.1 Å². The maximum Gasteiger partial charge on any atom is 0.115 e. The van der Waals surface area contributed by atoms with E-state index in [2.05, 4.69) is 63.4 Å². The molecule has 30 heavy (non-hydrogen) atoms. The average Bonchev–Trinajstić information content (AvgIpc) is 2.82. The summed E-state index contributed by atoms with van der Waals surface area (Å²) < 4.78 is 0. The number of aryl methyl sites for hydroxylation is 1. The van der Waals surface area contributed by atoms with Crippen molar-refractivity contribution in [1.29, 1.82) is 0 Å². The molecule has 0 fully saturated rings. The van der Waals surface area contributed by atoms with Crippen LogP contribution in [0.3, 0.4) is 0 Å². The number of nitrogens with zero attached hydrogens (tertiary/aromatic N) is 4. The van der Waals surface area contributed by atoms with Crippen molar-refractivity contribution in [2.24, 2.45) is 5.16 Å². The first-order chi connectivity index (χ1) is 14.8. The topological polar surface area (TPSA) is 71.3 Å². The van der Waals surface area contributed by atoms with Crippen LogP contribution in [0, 0.1) is 6.92 Å². The number of hydrogen-bond acceptors (Lipinski definition) is 5. The van der Waals surface area contributed by atoms with E-state index in [1.54, 1.807) is 24.8 Å². The molecule has 4 rings (SSSR count). The van der Waals surface area contributed by atoms with Crippen molar-refractivity contribution < 1.29 is 5.21 Å². The predicted molar refractivity (Wildman–Crippen MR) is 118 cm³/mol. The van der Waals surface area contributed by atoms with Crippen LogP contribution in [0.5, 0.6) is 0 Å². The molecule has 1 unspecified atom stereocenters. The van der Waals surface area contributed by atoms with Crippen LogP contribution in [0.4, 0.5) is 0 Å². The first kappa shape index (κ1) is 19.5. The van der Waals surface area contributed by atoms with Crippen LogP contribution in [0.25, 0.3) is 11.1 Å². The van der Waals surface area contributed by atoms with Crippen molar-refractivity contribution in [2.45, 2.75) is 19.3 Å². The Morgan fingerprint density at radius 1 is 0.867 bits per heavy atom. The van der Waals surface area contributed by atoms with Gasteiger partial charge in [-0.05, 0) is 41.3 Å². The maximum absolute atomic E-state index is 9.74. The van der Waals surface area contributed by atoms with E-state index in [9.17, 15) is 5.21 Å². The van der Waals surface area contributed by atoms with Gasteiger partial charge in [0, 0.05) is 48.3 Å². The summed E-state index contributed by atoms with van der Waals surface area (Å²) in [5.41, 5.74) is 7.10. The molecule has 0 spiro atoms. The Balaban J connectivity index is 1.72. The molecule has 148 valence electrons. The largest absolute Gasteiger partial charge is 0.411 e. The summed E-state index contributed by atoms with van der Waals surface area (Å²) in [5, 5.41) is 13.4. The van der Waals surface area contributed by atoms with E-state index in [1.165, 1.54) is 17.5 Å². The van der Waals surface area contributed by atoms with Gasteiger partial charge in [-0.25, -0.2) is 9.97 Å². The number of benzene rings is 2. The lowest BCUT2D eigenvalue weighted by Gasteiger charge is -2.21. The van der Waals surface area contributed by atoms with Crippen LogP contribution in [-0.2, 0) is 0 Å². The number of aromatic nitrogens is 3. The molecule has 2 aromatic heterocycles. The fourth-order valence-electron chi connectivity index (χ4n) is 3.70. The van der Waals surface area contributed by atoms with Gasteiger partial charge < -0.3 is 5.21 Å². The molecule has 0 aliphatic heterocycles. The van der Waals surface area contributed by atoms with E-state index in [0.717, 1.165) is 22.3 Å². The van der Waals surface area contributed by atoms with Crippen molar-refractivity contribution in [2.75, 3.05) is 0 Å².